The molecule has 0 aliphatic heterocycles. The van der Waals surface area contributed by atoms with Crippen LogP contribution >= 0.6 is 0 Å². The minimum Gasteiger partial charge on any atom is -0.481 e. The van der Waals surface area contributed by atoms with Gasteiger partial charge in [-0.3, -0.25) is 19.2 Å². The van der Waals surface area contributed by atoms with E-state index in [1.807, 2.05) is 37.3 Å². The Morgan fingerprint density at radius 3 is 1.86 bits per heavy atom. The van der Waals surface area contributed by atoms with Crippen LogP contribution in [-0.4, -0.2) is 64.0 Å². The van der Waals surface area contributed by atoms with Crippen molar-refractivity contribution in [2.45, 2.75) is 84.0 Å². The summed E-state index contributed by atoms with van der Waals surface area (Å²) < 4.78 is 0. The number of amides is 3. The van der Waals surface area contributed by atoms with Crippen LogP contribution in [-0.2, 0) is 30.4 Å². The highest BCUT2D eigenvalue weighted by Gasteiger charge is 2.33. The normalized spacial score (nSPS) is 15.8. The fraction of sp³-hybridized carbons (Fsp3) is 0.577. The second-order valence-electron chi connectivity index (χ2n) is 9.37. The highest BCUT2D eigenvalue weighted by atomic mass is 16.4. The predicted octanol–water partition coefficient (Wildman–Crippen LogP) is 1.05. The first-order chi connectivity index (χ1) is 17.4. The molecule has 6 unspecified atom stereocenters. The number of aliphatic carboxylic acids is 2. The van der Waals surface area contributed by atoms with Crippen molar-refractivity contribution >= 4 is 29.7 Å². The fourth-order valence-corrected chi connectivity index (χ4v) is 3.66. The number of benzene rings is 1. The van der Waals surface area contributed by atoms with Gasteiger partial charge in [-0.25, -0.2) is 4.79 Å². The van der Waals surface area contributed by atoms with Crippen molar-refractivity contribution in [1.29, 1.82) is 0 Å². The van der Waals surface area contributed by atoms with E-state index in [1.54, 1.807) is 20.8 Å². The maximum Gasteiger partial charge on any atom is 0.326 e. The molecule has 0 saturated heterocycles. The van der Waals surface area contributed by atoms with E-state index >= 15 is 0 Å². The second kappa shape index (κ2) is 15.6. The third kappa shape index (κ3) is 10.6. The number of rotatable bonds is 16. The molecule has 6 atom stereocenters. The molecule has 0 heterocycles. The van der Waals surface area contributed by atoms with E-state index in [1.165, 1.54) is 0 Å². The molecule has 1 aromatic rings. The fourth-order valence-electron chi connectivity index (χ4n) is 3.66. The van der Waals surface area contributed by atoms with E-state index in [-0.39, 0.29) is 18.8 Å². The third-order valence-electron chi connectivity index (χ3n) is 6.49. The summed E-state index contributed by atoms with van der Waals surface area (Å²) in [5.74, 6) is -5.17. The van der Waals surface area contributed by atoms with Gasteiger partial charge in [0, 0.05) is 6.42 Å². The number of hydrogen-bond acceptors (Lipinski definition) is 6. The lowest BCUT2D eigenvalue weighted by Gasteiger charge is -2.28. The standard InChI is InChI=1S/C26H40N4O7/c1-5-15(3)21(29-23(33)18(27)14-17-10-8-7-9-11-17)25(35)28-19(12-13-20(31)32)24(34)30-22(26(36)37)16(4)6-2/h7-11,15-16,18-19,21-22H,5-6,12-14,27H2,1-4H3,(H,28,35)(H,29,33)(H,30,34)(H,31,32)(H,36,37). The highest BCUT2D eigenvalue weighted by Crippen LogP contribution is 2.12. The number of nitrogens with two attached hydrogens (primary N) is 1. The van der Waals surface area contributed by atoms with Gasteiger partial charge >= 0.3 is 11.9 Å². The molecule has 0 fully saturated rings. The summed E-state index contributed by atoms with van der Waals surface area (Å²) in [6, 6.07) is 4.70. The van der Waals surface area contributed by atoms with Gasteiger partial charge in [0.05, 0.1) is 6.04 Å². The first-order valence-electron chi connectivity index (χ1n) is 12.6. The van der Waals surface area contributed by atoms with Crippen molar-refractivity contribution in [1.82, 2.24) is 16.0 Å². The molecule has 37 heavy (non-hydrogen) atoms. The molecule has 0 spiro atoms. The Bertz CT molecular complexity index is 925. The van der Waals surface area contributed by atoms with Crippen LogP contribution in [0.15, 0.2) is 30.3 Å². The van der Waals surface area contributed by atoms with Gasteiger partial charge in [0.25, 0.3) is 0 Å². The number of carbonyl (C=O) groups excluding carboxylic acids is 3. The van der Waals surface area contributed by atoms with Gasteiger partial charge in [-0.2, -0.15) is 0 Å². The average molecular weight is 521 g/mol. The van der Waals surface area contributed by atoms with E-state index in [4.69, 9.17) is 10.8 Å². The maximum absolute atomic E-state index is 13.2. The number of nitrogens with one attached hydrogen (secondary N) is 3. The Hall–Kier alpha value is -3.47. The van der Waals surface area contributed by atoms with E-state index in [0.29, 0.717) is 12.8 Å². The van der Waals surface area contributed by atoms with Gasteiger partial charge in [-0.05, 0) is 30.2 Å². The Kier molecular flexibility index (Phi) is 13.3. The Balaban J connectivity index is 3.03. The van der Waals surface area contributed by atoms with Crippen LogP contribution in [0.3, 0.4) is 0 Å². The van der Waals surface area contributed by atoms with Gasteiger partial charge in [-0.15, -0.1) is 0 Å². The van der Waals surface area contributed by atoms with Gasteiger partial charge in [0.1, 0.15) is 18.1 Å². The number of hydrogen-bond donors (Lipinski definition) is 6. The Morgan fingerprint density at radius 1 is 0.811 bits per heavy atom. The monoisotopic (exact) mass is 520 g/mol. The molecule has 0 aliphatic carbocycles. The molecule has 0 aliphatic rings. The molecule has 7 N–H and O–H groups in total. The van der Waals surface area contributed by atoms with Crippen LogP contribution in [0.4, 0.5) is 0 Å². The van der Waals surface area contributed by atoms with Crippen LogP contribution in [0.5, 0.6) is 0 Å². The summed E-state index contributed by atoms with van der Waals surface area (Å²) in [5.41, 5.74) is 6.92. The van der Waals surface area contributed by atoms with Crippen molar-refractivity contribution in [3.8, 4) is 0 Å². The van der Waals surface area contributed by atoms with Crippen LogP contribution in [0.1, 0.15) is 58.9 Å². The van der Waals surface area contributed by atoms with Crippen LogP contribution in [0, 0.1) is 11.8 Å². The molecule has 11 nitrogen and oxygen atoms in total. The highest BCUT2D eigenvalue weighted by molar-refractivity contribution is 5.94. The largest absolute Gasteiger partial charge is 0.481 e. The lowest BCUT2D eigenvalue weighted by molar-refractivity contribution is -0.144. The van der Waals surface area contributed by atoms with Crippen LogP contribution < -0.4 is 21.7 Å². The van der Waals surface area contributed by atoms with Gasteiger partial charge in [0.2, 0.25) is 17.7 Å². The molecule has 3 amide bonds. The number of carboxylic acid groups (broad SMARTS) is 2. The van der Waals surface area contributed by atoms with E-state index in [0.717, 1.165) is 5.56 Å². The molecule has 206 valence electrons. The summed E-state index contributed by atoms with van der Waals surface area (Å²) in [6.45, 7) is 7.03. The summed E-state index contributed by atoms with van der Waals surface area (Å²) in [7, 11) is 0. The van der Waals surface area contributed by atoms with Crippen molar-refractivity contribution in [2.75, 3.05) is 0 Å². The number of carboxylic acids is 2. The smallest absolute Gasteiger partial charge is 0.326 e. The van der Waals surface area contributed by atoms with Crippen molar-refractivity contribution < 1.29 is 34.2 Å². The van der Waals surface area contributed by atoms with E-state index < -0.39 is 66.2 Å². The predicted molar refractivity (Wildman–Crippen MR) is 137 cm³/mol. The SMILES string of the molecule is CCC(C)C(NC(=O)C(CCC(=O)O)NC(=O)C(NC(=O)C(N)Cc1ccccc1)C(C)CC)C(=O)O. The molecule has 0 aromatic heterocycles. The molecule has 0 bridgehead atoms. The van der Waals surface area contributed by atoms with Gasteiger partial charge in [-0.1, -0.05) is 70.9 Å². The quantitative estimate of drug-likeness (QED) is 0.186. The van der Waals surface area contributed by atoms with E-state index in [2.05, 4.69) is 16.0 Å². The van der Waals surface area contributed by atoms with Crippen LogP contribution in [0.2, 0.25) is 0 Å². The van der Waals surface area contributed by atoms with Crippen molar-refractivity contribution in [3.63, 3.8) is 0 Å². The number of carbonyl (C=O) groups is 5. The molecule has 11 heteroatoms. The topological polar surface area (TPSA) is 188 Å². The molecular formula is C26H40N4O7. The molecule has 1 rings (SSSR count). The minimum absolute atomic E-state index is 0.256. The summed E-state index contributed by atoms with van der Waals surface area (Å²) in [6.07, 6.45) is 0.579. The van der Waals surface area contributed by atoms with Crippen LogP contribution in [0.25, 0.3) is 0 Å². The van der Waals surface area contributed by atoms with Gasteiger partial charge in [0.15, 0.2) is 0 Å². The summed E-state index contributed by atoms with van der Waals surface area (Å²) in [5, 5.41) is 26.2. The maximum atomic E-state index is 13.2. The first kappa shape index (κ1) is 31.6. The molecule has 1 aromatic carbocycles. The first-order valence-corrected chi connectivity index (χ1v) is 12.6. The molecular weight excluding hydrogens is 480 g/mol. The molecule has 0 saturated carbocycles. The van der Waals surface area contributed by atoms with Gasteiger partial charge < -0.3 is 31.9 Å². The third-order valence-corrected chi connectivity index (χ3v) is 6.49. The minimum atomic E-state index is -1.31. The second-order valence-corrected chi connectivity index (χ2v) is 9.37. The van der Waals surface area contributed by atoms with Crippen molar-refractivity contribution in [2.24, 2.45) is 17.6 Å². The lowest BCUT2D eigenvalue weighted by atomic mass is 9.96. The summed E-state index contributed by atoms with van der Waals surface area (Å²) in [4.78, 5) is 61.7. The zero-order chi connectivity index (χ0) is 28.1. The molecule has 0 radical (unpaired) electrons. The summed E-state index contributed by atoms with van der Waals surface area (Å²) >= 11 is 0. The Labute approximate surface area is 217 Å². The average Bonchev–Trinajstić information content (AvgIpc) is 2.86. The van der Waals surface area contributed by atoms with Crippen molar-refractivity contribution in [3.05, 3.63) is 35.9 Å². The van der Waals surface area contributed by atoms with E-state index in [9.17, 15) is 29.1 Å². The Morgan fingerprint density at radius 2 is 1.35 bits per heavy atom. The zero-order valence-electron chi connectivity index (χ0n) is 21.9. The zero-order valence-corrected chi connectivity index (χ0v) is 21.9. The lowest BCUT2D eigenvalue weighted by Crippen LogP contribution is -2.59.